The van der Waals surface area contributed by atoms with E-state index in [0.717, 1.165) is 29.2 Å². The molecule has 0 saturated heterocycles. The van der Waals surface area contributed by atoms with Crippen LogP contribution in [0.25, 0.3) is 0 Å². The second-order valence-corrected chi connectivity index (χ2v) is 5.98. The summed E-state index contributed by atoms with van der Waals surface area (Å²) in [6.07, 6.45) is 0.321. The third-order valence-corrected chi connectivity index (χ3v) is 3.96. The van der Waals surface area contributed by atoms with Gasteiger partial charge in [0.15, 0.2) is 0 Å². The number of nitrogens with zero attached hydrogens (tertiary/aromatic N) is 1. The van der Waals surface area contributed by atoms with Gasteiger partial charge in [0.2, 0.25) is 5.91 Å². The summed E-state index contributed by atoms with van der Waals surface area (Å²) in [5, 5.41) is 2.93. The molecule has 1 amide bonds. The van der Waals surface area contributed by atoms with Crippen molar-refractivity contribution in [1.82, 2.24) is 0 Å². The molecule has 4 nitrogen and oxygen atoms in total. The first-order valence-corrected chi connectivity index (χ1v) is 8.30. The number of aryl methyl sites for hydroxylation is 2. The Morgan fingerprint density at radius 2 is 1.96 bits per heavy atom. The molecule has 4 heteroatoms. The van der Waals surface area contributed by atoms with E-state index in [-0.39, 0.29) is 5.91 Å². The van der Waals surface area contributed by atoms with Crippen molar-refractivity contribution >= 4 is 17.3 Å². The number of ether oxygens (including phenoxy) is 1. The van der Waals surface area contributed by atoms with Gasteiger partial charge in [-0.15, -0.1) is 0 Å². The average Bonchev–Trinajstić information content (AvgIpc) is 2.56. The first-order valence-electron chi connectivity index (χ1n) is 8.30. The molecular formula is C20H26N2O2. The first kappa shape index (κ1) is 17.9. The number of hydrogen-bond donors (Lipinski definition) is 1. The Bertz CT molecular complexity index is 698. The summed E-state index contributed by atoms with van der Waals surface area (Å²) in [6, 6.07) is 13.9. The zero-order valence-electron chi connectivity index (χ0n) is 14.9. The van der Waals surface area contributed by atoms with Gasteiger partial charge in [-0.3, -0.25) is 4.79 Å². The highest BCUT2D eigenvalue weighted by Crippen LogP contribution is 2.20. The van der Waals surface area contributed by atoms with Crippen molar-refractivity contribution in [2.45, 2.75) is 27.2 Å². The van der Waals surface area contributed by atoms with Crippen LogP contribution in [0.2, 0.25) is 0 Å². The minimum absolute atomic E-state index is 0.0453. The molecule has 0 atom stereocenters. The molecule has 0 heterocycles. The van der Waals surface area contributed by atoms with Gasteiger partial charge in [-0.05, 0) is 50.6 Å². The van der Waals surface area contributed by atoms with Crippen LogP contribution >= 0.6 is 0 Å². The lowest BCUT2D eigenvalue weighted by Crippen LogP contribution is -2.17. The highest BCUT2D eigenvalue weighted by Gasteiger charge is 2.06. The fourth-order valence-corrected chi connectivity index (χ4v) is 2.44. The molecule has 2 aromatic rings. The van der Waals surface area contributed by atoms with Crippen molar-refractivity contribution in [1.29, 1.82) is 0 Å². The fraction of sp³-hybridized carbons (Fsp3) is 0.350. The number of benzene rings is 2. The van der Waals surface area contributed by atoms with E-state index < -0.39 is 0 Å². The monoisotopic (exact) mass is 326 g/mol. The van der Waals surface area contributed by atoms with Crippen LogP contribution in [0.4, 0.5) is 11.4 Å². The molecule has 0 radical (unpaired) electrons. The second-order valence-electron chi connectivity index (χ2n) is 5.98. The number of carbonyl (C=O) groups is 1. The topological polar surface area (TPSA) is 41.6 Å². The Balaban J connectivity index is 1.85. The summed E-state index contributed by atoms with van der Waals surface area (Å²) in [6.45, 7) is 7.44. The van der Waals surface area contributed by atoms with Gasteiger partial charge in [-0.2, -0.15) is 0 Å². The maximum atomic E-state index is 12.1. The molecule has 0 aliphatic carbocycles. The number of rotatable bonds is 7. The molecule has 2 rings (SSSR count). The molecule has 1 N–H and O–H groups in total. The Kier molecular flexibility index (Phi) is 6.24. The third-order valence-electron chi connectivity index (χ3n) is 3.96. The van der Waals surface area contributed by atoms with Crippen LogP contribution in [0.15, 0.2) is 42.5 Å². The predicted octanol–water partition coefficient (Wildman–Crippen LogP) is 4.17. The van der Waals surface area contributed by atoms with Crippen molar-refractivity contribution in [3.8, 4) is 5.75 Å². The van der Waals surface area contributed by atoms with E-state index in [4.69, 9.17) is 4.74 Å². The van der Waals surface area contributed by atoms with Crippen LogP contribution in [-0.4, -0.2) is 26.1 Å². The number of nitrogens with one attached hydrogen (secondary N) is 1. The predicted molar refractivity (Wildman–Crippen MR) is 100 cm³/mol. The summed E-state index contributed by atoms with van der Waals surface area (Å²) < 4.78 is 5.71. The second kappa shape index (κ2) is 8.39. The van der Waals surface area contributed by atoms with Crippen LogP contribution in [0, 0.1) is 13.8 Å². The molecule has 0 aromatic heterocycles. The Morgan fingerprint density at radius 3 is 2.67 bits per heavy atom. The zero-order chi connectivity index (χ0) is 17.5. The quantitative estimate of drug-likeness (QED) is 0.830. The number of anilines is 2. The van der Waals surface area contributed by atoms with E-state index in [9.17, 15) is 4.79 Å². The summed E-state index contributed by atoms with van der Waals surface area (Å²) in [5.74, 6) is 0.788. The third kappa shape index (κ3) is 5.01. The first-order chi connectivity index (χ1) is 11.5. The van der Waals surface area contributed by atoms with E-state index in [1.807, 2.05) is 57.3 Å². The average molecular weight is 326 g/mol. The summed E-state index contributed by atoms with van der Waals surface area (Å²) in [4.78, 5) is 14.2. The van der Waals surface area contributed by atoms with Crippen molar-refractivity contribution < 1.29 is 9.53 Å². The number of amides is 1. The Hall–Kier alpha value is -2.49. The molecule has 0 unspecified atom stereocenters. The molecular weight excluding hydrogens is 300 g/mol. The molecule has 0 saturated carbocycles. The van der Waals surface area contributed by atoms with Crippen molar-refractivity contribution in [2.75, 3.05) is 30.4 Å². The molecule has 2 aromatic carbocycles. The number of carbonyl (C=O) groups excluding carboxylic acids is 1. The van der Waals surface area contributed by atoms with Crippen LogP contribution in [0.5, 0.6) is 5.75 Å². The smallest absolute Gasteiger partial charge is 0.227 e. The lowest BCUT2D eigenvalue weighted by atomic mass is 10.1. The normalized spacial score (nSPS) is 10.3. The zero-order valence-corrected chi connectivity index (χ0v) is 14.9. The standard InChI is InChI=1S/C20H26N2O2/c1-5-22(4)18-8-6-7-17(14-18)21-20(23)11-12-24-19-10-9-15(2)13-16(19)3/h6-10,13-14H,5,11-12H2,1-4H3,(H,21,23). The highest BCUT2D eigenvalue weighted by molar-refractivity contribution is 5.91. The van der Waals surface area contributed by atoms with Gasteiger partial charge in [0.25, 0.3) is 0 Å². The minimum atomic E-state index is -0.0453. The van der Waals surface area contributed by atoms with E-state index >= 15 is 0 Å². The van der Waals surface area contributed by atoms with Crippen molar-refractivity contribution in [3.05, 3.63) is 53.6 Å². The van der Waals surface area contributed by atoms with Crippen molar-refractivity contribution in [2.24, 2.45) is 0 Å². The fourth-order valence-electron chi connectivity index (χ4n) is 2.44. The van der Waals surface area contributed by atoms with Gasteiger partial charge in [0, 0.05) is 25.0 Å². The minimum Gasteiger partial charge on any atom is -0.493 e. The SMILES string of the molecule is CCN(C)c1cccc(NC(=O)CCOc2ccc(C)cc2C)c1. The van der Waals surface area contributed by atoms with E-state index in [1.165, 1.54) is 5.56 Å². The lowest BCUT2D eigenvalue weighted by molar-refractivity contribution is -0.116. The lowest BCUT2D eigenvalue weighted by Gasteiger charge is -2.17. The van der Waals surface area contributed by atoms with Gasteiger partial charge in [0.05, 0.1) is 13.0 Å². The van der Waals surface area contributed by atoms with E-state index in [2.05, 4.69) is 23.2 Å². The largest absolute Gasteiger partial charge is 0.493 e. The van der Waals surface area contributed by atoms with Gasteiger partial charge < -0.3 is 15.0 Å². The van der Waals surface area contributed by atoms with Gasteiger partial charge in [0.1, 0.15) is 5.75 Å². The van der Waals surface area contributed by atoms with Crippen LogP contribution in [0.1, 0.15) is 24.5 Å². The Morgan fingerprint density at radius 1 is 1.17 bits per heavy atom. The van der Waals surface area contributed by atoms with Crippen LogP contribution < -0.4 is 15.0 Å². The number of hydrogen-bond acceptors (Lipinski definition) is 3. The Labute approximate surface area is 144 Å². The summed E-state index contributed by atoms with van der Waals surface area (Å²) >= 11 is 0. The molecule has 0 aliphatic heterocycles. The molecule has 0 fully saturated rings. The van der Waals surface area contributed by atoms with E-state index in [1.54, 1.807) is 0 Å². The van der Waals surface area contributed by atoms with Gasteiger partial charge in [-0.1, -0.05) is 23.8 Å². The van der Waals surface area contributed by atoms with Crippen molar-refractivity contribution in [3.63, 3.8) is 0 Å². The van der Waals surface area contributed by atoms with Crippen LogP contribution in [-0.2, 0) is 4.79 Å². The summed E-state index contributed by atoms with van der Waals surface area (Å²) in [7, 11) is 2.03. The maximum absolute atomic E-state index is 12.1. The van der Waals surface area contributed by atoms with Crippen LogP contribution in [0.3, 0.4) is 0 Å². The molecule has 0 bridgehead atoms. The molecule has 24 heavy (non-hydrogen) atoms. The van der Waals surface area contributed by atoms with Gasteiger partial charge >= 0.3 is 0 Å². The molecule has 0 aliphatic rings. The van der Waals surface area contributed by atoms with E-state index in [0.29, 0.717) is 13.0 Å². The molecule has 0 spiro atoms. The molecule has 128 valence electrons. The van der Waals surface area contributed by atoms with Gasteiger partial charge in [-0.25, -0.2) is 0 Å². The highest BCUT2D eigenvalue weighted by atomic mass is 16.5. The summed E-state index contributed by atoms with van der Waals surface area (Å²) in [5.41, 5.74) is 4.19. The maximum Gasteiger partial charge on any atom is 0.227 e.